The van der Waals surface area contributed by atoms with Gasteiger partial charge in [0.2, 0.25) is 0 Å². The summed E-state index contributed by atoms with van der Waals surface area (Å²) in [5.74, 6) is 0.344. The summed E-state index contributed by atoms with van der Waals surface area (Å²) >= 11 is 4.77. The smallest absolute Gasteiger partial charge is 0.157 e. The van der Waals surface area contributed by atoms with Gasteiger partial charge >= 0.3 is 0 Å². The molecule has 1 aliphatic heterocycles. The summed E-state index contributed by atoms with van der Waals surface area (Å²) in [6.45, 7) is 2.16. The fourth-order valence-electron chi connectivity index (χ4n) is 4.06. The molecule has 1 saturated carbocycles. The molecule has 0 aromatic carbocycles. The normalized spacial score (nSPS) is 33.0. The monoisotopic (exact) mass is 552 g/mol. The molecule has 0 spiro atoms. The summed E-state index contributed by atoms with van der Waals surface area (Å²) < 4.78 is 19.9. The second-order valence-corrected chi connectivity index (χ2v) is 8.59. The molecule has 23 heavy (non-hydrogen) atoms. The fourth-order valence-corrected chi connectivity index (χ4v) is 5.48. The number of aliphatic hydroxyl groups excluding tert-OH is 1. The minimum atomic E-state index is -0.744. The average Bonchev–Trinajstić information content (AvgIpc) is 3.19. The highest BCUT2D eigenvalue weighted by molar-refractivity contribution is 14.1. The number of hydrogen-bond donors (Lipinski definition) is 1. The summed E-state index contributed by atoms with van der Waals surface area (Å²) in [7, 11) is 1.74. The van der Waals surface area contributed by atoms with Crippen LogP contribution in [0, 0.1) is 5.92 Å². The zero-order valence-corrected chi connectivity index (χ0v) is 18.5. The van der Waals surface area contributed by atoms with Gasteiger partial charge in [-0.05, 0) is 25.7 Å². The van der Waals surface area contributed by atoms with Crippen LogP contribution >= 0.6 is 45.2 Å². The van der Waals surface area contributed by atoms with E-state index in [1.54, 1.807) is 7.11 Å². The summed E-state index contributed by atoms with van der Waals surface area (Å²) in [5.41, 5.74) is -0.114. The molecule has 1 N–H and O–H groups in total. The lowest BCUT2D eigenvalue weighted by Crippen LogP contribution is -2.38. The Morgan fingerprint density at radius 3 is 2.48 bits per heavy atom. The maximum absolute atomic E-state index is 10.5. The van der Waals surface area contributed by atoms with Gasteiger partial charge in [0.05, 0.1) is 23.9 Å². The van der Waals surface area contributed by atoms with Gasteiger partial charge in [0.15, 0.2) is 6.29 Å². The highest BCUT2D eigenvalue weighted by atomic mass is 127. The van der Waals surface area contributed by atoms with Crippen molar-refractivity contribution in [3.8, 4) is 0 Å². The first-order valence-electron chi connectivity index (χ1n) is 8.73. The van der Waals surface area contributed by atoms with E-state index in [0.717, 1.165) is 34.5 Å². The van der Waals surface area contributed by atoms with Crippen LogP contribution < -0.4 is 0 Å². The average molecular weight is 552 g/mol. The van der Waals surface area contributed by atoms with Crippen molar-refractivity contribution < 1.29 is 19.3 Å². The van der Waals surface area contributed by atoms with Gasteiger partial charge in [-0.3, -0.25) is 0 Å². The molecule has 5 unspecified atom stereocenters. The highest BCUT2D eigenvalue weighted by Gasteiger charge is 2.41. The molecule has 1 aliphatic carbocycles. The molecule has 0 aromatic heterocycles. The number of rotatable bonds is 9. The van der Waals surface area contributed by atoms with Gasteiger partial charge in [0.1, 0.15) is 0 Å². The molecule has 4 nitrogen and oxygen atoms in total. The third-order valence-electron chi connectivity index (χ3n) is 5.46. The molecule has 2 fully saturated rings. The molecule has 5 atom stereocenters. The van der Waals surface area contributed by atoms with Crippen molar-refractivity contribution in [1.29, 1.82) is 0 Å². The number of aliphatic hydroxyl groups is 1. The van der Waals surface area contributed by atoms with E-state index in [2.05, 4.69) is 52.1 Å². The molecule has 136 valence electrons. The van der Waals surface area contributed by atoms with Crippen molar-refractivity contribution >= 4 is 45.2 Å². The quantitative estimate of drug-likeness (QED) is 0.266. The van der Waals surface area contributed by atoms with Crippen molar-refractivity contribution in [2.75, 3.05) is 16.0 Å². The zero-order chi connectivity index (χ0) is 16.9. The van der Waals surface area contributed by atoms with Crippen LogP contribution in [0.25, 0.3) is 0 Å². The summed E-state index contributed by atoms with van der Waals surface area (Å²) in [6.07, 6.45) is 6.86. The van der Waals surface area contributed by atoms with Crippen molar-refractivity contribution in [3.05, 3.63) is 0 Å². The van der Waals surface area contributed by atoms with Gasteiger partial charge in [0, 0.05) is 28.3 Å². The van der Waals surface area contributed by atoms with Crippen molar-refractivity contribution in [1.82, 2.24) is 0 Å². The maximum atomic E-state index is 10.5. The molecule has 0 amide bonds. The van der Waals surface area contributed by atoms with Gasteiger partial charge in [-0.15, -0.1) is 0 Å². The van der Waals surface area contributed by atoms with Crippen LogP contribution in [-0.4, -0.2) is 51.3 Å². The predicted molar refractivity (Wildman–Crippen MR) is 109 cm³/mol. The molecule has 1 saturated heterocycles. The lowest BCUT2D eigenvalue weighted by atomic mass is 9.91. The van der Waals surface area contributed by atoms with E-state index >= 15 is 0 Å². The second kappa shape index (κ2) is 9.85. The zero-order valence-electron chi connectivity index (χ0n) is 14.2. The molecule has 2 aliphatic rings. The Kier molecular flexibility index (Phi) is 8.83. The largest absolute Gasteiger partial charge is 0.381 e. The first-order valence-corrected chi connectivity index (χ1v) is 11.8. The number of ether oxygens (including phenoxy) is 3. The van der Waals surface area contributed by atoms with Crippen LogP contribution in [0.1, 0.15) is 51.9 Å². The number of alkyl halides is 2. The molecule has 0 bridgehead atoms. The Morgan fingerprint density at radius 2 is 1.96 bits per heavy atom. The number of halogens is 2. The highest BCUT2D eigenvalue weighted by Crippen LogP contribution is 2.38. The van der Waals surface area contributed by atoms with E-state index in [1.807, 2.05) is 0 Å². The lowest BCUT2D eigenvalue weighted by Gasteiger charge is -2.33. The van der Waals surface area contributed by atoms with Crippen LogP contribution in [0.5, 0.6) is 0 Å². The van der Waals surface area contributed by atoms with Crippen LogP contribution in [0.4, 0.5) is 0 Å². The molecular formula is C17H30I2O4. The molecule has 0 radical (unpaired) electrons. The van der Waals surface area contributed by atoms with Gasteiger partial charge in [0.25, 0.3) is 0 Å². The van der Waals surface area contributed by atoms with E-state index in [1.165, 1.54) is 12.8 Å². The molecule has 1 heterocycles. The third kappa shape index (κ3) is 5.39. The van der Waals surface area contributed by atoms with Crippen molar-refractivity contribution in [2.45, 2.75) is 82.1 Å². The summed E-state index contributed by atoms with van der Waals surface area (Å²) in [6, 6.07) is 0. The van der Waals surface area contributed by atoms with E-state index < -0.39 is 6.29 Å². The van der Waals surface area contributed by atoms with Crippen LogP contribution in [0.3, 0.4) is 0 Å². The Bertz CT molecular complexity index is 349. The number of hydrogen-bond acceptors (Lipinski definition) is 4. The molecule has 6 heteroatoms. The van der Waals surface area contributed by atoms with E-state index in [4.69, 9.17) is 14.2 Å². The molecule has 0 aromatic rings. The lowest BCUT2D eigenvalue weighted by molar-refractivity contribution is -0.201. The molecular weight excluding hydrogens is 522 g/mol. The van der Waals surface area contributed by atoms with Crippen LogP contribution in [0.2, 0.25) is 0 Å². The predicted octanol–water partition coefficient (Wildman–Crippen LogP) is 4.09. The van der Waals surface area contributed by atoms with Crippen LogP contribution in [0.15, 0.2) is 0 Å². The maximum Gasteiger partial charge on any atom is 0.157 e. The van der Waals surface area contributed by atoms with Crippen molar-refractivity contribution in [2.24, 2.45) is 5.92 Å². The minimum Gasteiger partial charge on any atom is -0.381 e. The third-order valence-corrected chi connectivity index (χ3v) is 7.31. The molecule has 2 rings (SSSR count). The minimum absolute atomic E-state index is 0.00646. The summed E-state index contributed by atoms with van der Waals surface area (Å²) in [4.78, 5) is 0. The van der Waals surface area contributed by atoms with Crippen LogP contribution in [-0.2, 0) is 14.2 Å². The fraction of sp³-hybridized carbons (Fsp3) is 1.00. The summed E-state index contributed by atoms with van der Waals surface area (Å²) in [5, 5.41) is 10.5. The first-order chi connectivity index (χ1) is 11.1. The van der Waals surface area contributed by atoms with E-state index in [0.29, 0.717) is 18.4 Å². The van der Waals surface area contributed by atoms with Gasteiger partial charge in [-0.2, -0.15) is 0 Å². The Hall–Kier alpha value is 1.30. The topological polar surface area (TPSA) is 47.9 Å². The first kappa shape index (κ1) is 20.6. The Labute approximate surface area is 167 Å². The standard InChI is InChI=1S/C17H30I2O4/c1-3-17(6-4-5-7-17)23-16(20)9-14(21-2)13-8-12(10-18)22-15(13)11-19/h12-16,20H,3-11H2,1-2H3. The Balaban J connectivity index is 1.92. The number of methoxy groups -OCH3 is 1. The van der Waals surface area contributed by atoms with Gasteiger partial charge in [-0.1, -0.05) is 64.9 Å². The second-order valence-electron chi connectivity index (χ2n) is 6.83. The van der Waals surface area contributed by atoms with Crippen molar-refractivity contribution in [3.63, 3.8) is 0 Å². The van der Waals surface area contributed by atoms with Gasteiger partial charge < -0.3 is 19.3 Å². The van der Waals surface area contributed by atoms with E-state index in [-0.39, 0.29) is 17.8 Å². The SMILES string of the molecule is CCC1(OC(O)CC(OC)C2CC(CI)OC2CI)CCCC1. The van der Waals surface area contributed by atoms with E-state index in [9.17, 15) is 5.11 Å². The Morgan fingerprint density at radius 1 is 1.26 bits per heavy atom. The van der Waals surface area contributed by atoms with Gasteiger partial charge in [-0.25, -0.2) is 0 Å².